The Morgan fingerprint density at radius 1 is 1.57 bits per heavy atom. The fraction of sp³-hybridized carbons (Fsp3) is 0.375. The molecule has 0 aromatic carbocycles. The number of amides is 1. The maximum absolute atomic E-state index is 11.1. The molecule has 1 aliphatic rings. The summed E-state index contributed by atoms with van der Waals surface area (Å²) in [5.41, 5.74) is 0. The zero-order chi connectivity index (χ0) is 9.97. The van der Waals surface area contributed by atoms with E-state index in [0.29, 0.717) is 18.9 Å². The van der Waals surface area contributed by atoms with Crippen molar-refractivity contribution in [2.24, 2.45) is 0 Å². The van der Waals surface area contributed by atoms with Crippen molar-refractivity contribution in [1.82, 2.24) is 15.3 Å². The lowest BCUT2D eigenvalue weighted by Crippen LogP contribution is -2.48. The van der Waals surface area contributed by atoms with Gasteiger partial charge in [0.2, 0.25) is 11.2 Å². The number of anilines is 1. The van der Waals surface area contributed by atoms with Crippen molar-refractivity contribution in [3.05, 3.63) is 17.5 Å². The molecule has 0 aliphatic carbocycles. The maximum Gasteiger partial charge on any atom is 0.239 e. The number of halogens is 1. The number of aromatic nitrogens is 2. The molecule has 1 amide bonds. The minimum Gasteiger partial charge on any atom is -0.353 e. The van der Waals surface area contributed by atoms with Crippen LogP contribution in [0.4, 0.5) is 5.82 Å². The molecule has 1 saturated heterocycles. The largest absolute Gasteiger partial charge is 0.353 e. The molecule has 0 saturated carbocycles. The topological polar surface area (TPSA) is 58.1 Å². The molecule has 1 N–H and O–H groups in total. The molecular formula is C8H9ClN4O. The van der Waals surface area contributed by atoms with Gasteiger partial charge in [-0.05, 0) is 17.7 Å². The van der Waals surface area contributed by atoms with E-state index in [1.54, 1.807) is 12.3 Å². The Kier molecular flexibility index (Phi) is 2.49. The third kappa shape index (κ3) is 1.93. The summed E-state index contributed by atoms with van der Waals surface area (Å²) in [6.07, 6.45) is 1.58. The van der Waals surface area contributed by atoms with Gasteiger partial charge in [-0.3, -0.25) is 4.79 Å². The van der Waals surface area contributed by atoms with Crippen LogP contribution in [0.5, 0.6) is 0 Å². The van der Waals surface area contributed by atoms with Gasteiger partial charge < -0.3 is 10.2 Å². The van der Waals surface area contributed by atoms with Gasteiger partial charge in [-0.25, -0.2) is 9.97 Å². The van der Waals surface area contributed by atoms with Crippen LogP contribution in [0.2, 0.25) is 5.28 Å². The number of rotatable bonds is 1. The zero-order valence-corrected chi connectivity index (χ0v) is 8.16. The van der Waals surface area contributed by atoms with E-state index in [0.717, 1.165) is 6.54 Å². The molecule has 1 aromatic rings. The molecule has 1 aromatic heterocycles. The fourth-order valence-electron chi connectivity index (χ4n) is 1.34. The van der Waals surface area contributed by atoms with Crippen LogP contribution in [0.3, 0.4) is 0 Å². The first-order valence-corrected chi connectivity index (χ1v) is 4.64. The second-order valence-electron chi connectivity index (χ2n) is 2.96. The molecule has 2 rings (SSSR count). The van der Waals surface area contributed by atoms with E-state index in [2.05, 4.69) is 15.3 Å². The first kappa shape index (κ1) is 9.21. The Labute approximate surface area is 86.1 Å². The van der Waals surface area contributed by atoms with E-state index in [4.69, 9.17) is 11.6 Å². The maximum atomic E-state index is 11.1. The van der Waals surface area contributed by atoms with Gasteiger partial charge in [-0.2, -0.15) is 0 Å². The van der Waals surface area contributed by atoms with Gasteiger partial charge in [0.1, 0.15) is 5.82 Å². The van der Waals surface area contributed by atoms with Crippen LogP contribution in [-0.2, 0) is 4.79 Å². The molecular weight excluding hydrogens is 204 g/mol. The molecule has 74 valence electrons. The summed E-state index contributed by atoms with van der Waals surface area (Å²) in [6, 6.07) is 1.74. The summed E-state index contributed by atoms with van der Waals surface area (Å²) < 4.78 is 0. The summed E-state index contributed by atoms with van der Waals surface area (Å²) in [4.78, 5) is 20.8. The van der Waals surface area contributed by atoms with Gasteiger partial charge in [0.15, 0.2) is 0 Å². The predicted molar refractivity (Wildman–Crippen MR) is 52.3 cm³/mol. The lowest BCUT2D eigenvalue weighted by atomic mass is 10.3. The summed E-state index contributed by atoms with van der Waals surface area (Å²) in [5.74, 6) is 0.700. The van der Waals surface area contributed by atoms with E-state index in [9.17, 15) is 4.79 Å². The minimum absolute atomic E-state index is 0.00554. The van der Waals surface area contributed by atoms with E-state index in [1.165, 1.54) is 0 Å². The molecule has 0 bridgehead atoms. The lowest BCUT2D eigenvalue weighted by Gasteiger charge is -2.27. The van der Waals surface area contributed by atoms with Crippen molar-refractivity contribution in [1.29, 1.82) is 0 Å². The smallest absolute Gasteiger partial charge is 0.239 e. The van der Waals surface area contributed by atoms with E-state index in [1.807, 2.05) is 4.90 Å². The molecule has 0 unspecified atom stereocenters. The molecule has 0 radical (unpaired) electrons. The number of hydrogen-bond donors (Lipinski definition) is 1. The average Bonchev–Trinajstić information content (AvgIpc) is 2.18. The quantitative estimate of drug-likeness (QED) is 0.670. The molecule has 1 aliphatic heterocycles. The number of nitrogens with one attached hydrogen (secondary N) is 1. The lowest BCUT2D eigenvalue weighted by molar-refractivity contribution is -0.120. The van der Waals surface area contributed by atoms with Gasteiger partial charge in [-0.15, -0.1) is 0 Å². The van der Waals surface area contributed by atoms with Crippen LogP contribution in [0.1, 0.15) is 0 Å². The predicted octanol–water partition coefficient (Wildman–Crippen LogP) is 0.0662. The Morgan fingerprint density at radius 2 is 2.43 bits per heavy atom. The minimum atomic E-state index is 0.00554. The number of carbonyl (C=O) groups is 1. The zero-order valence-electron chi connectivity index (χ0n) is 7.40. The van der Waals surface area contributed by atoms with Crippen molar-refractivity contribution in [3.63, 3.8) is 0 Å². The van der Waals surface area contributed by atoms with E-state index >= 15 is 0 Å². The second kappa shape index (κ2) is 3.79. The number of piperazine rings is 1. The van der Waals surface area contributed by atoms with Crippen molar-refractivity contribution in [2.75, 3.05) is 24.5 Å². The Bertz CT molecular complexity index is 357. The van der Waals surface area contributed by atoms with Crippen molar-refractivity contribution in [2.45, 2.75) is 0 Å². The molecule has 5 nitrogen and oxygen atoms in total. The number of nitrogens with zero attached hydrogens (tertiary/aromatic N) is 3. The summed E-state index contributed by atoms with van der Waals surface area (Å²) in [7, 11) is 0. The number of hydrogen-bond acceptors (Lipinski definition) is 4. The van der Waals surface area contributed by atoms with E-state index < -0.39 is 0 Å². The monoisotopic (exact) mass is 212 g/mol. The molecule has 0 atom stereocenters. The second-order valence-corrected chi connectivity index (χ2v) is 3.29. The van der Waals surface area contributed by atoms with Crippen LogP contribution in [0, 0.1) is 0 Å². The summed E-state index contributed by atoms with van der Waals surface area (Å²) in [5, 5.41) is 2.94. The van der Waals surface area contributed by atoms with Gasteiger partial charge in [0.25, 0.3) is 0 Å². The Hall–Kier alpha value is -1.36. The fourth-order valence-corrected chi connectivity index (χ4v) is 1.48. The van der Waals surface area contributed by atoms with Gasteiger partial charge in [0.05, 0.1) is 6.54 Å². The van der Waals surface area contributed by atoms with Crippen LogP contribution in [0.25, 0.3) is 0 Å². The third-order valence-corrected chi connectivity index (χ3v) is 2.16. The van der Waals surface area contributed by atoms with Crippen LogP contribution in [-0.4, -0.2) is 35.5 Å². The highest BCUT2D eigenvalue weighted by Crippen LogP contribution is 2.12. The van der Waals surface area contributed by atoms with Gasteiger partial charge >= 0.3 is 0 Å². The Balaban J connectivity index is 2.17. The van der Waals surface area contributed by atoms with E-state index in [-0.39, 0.29) is 11.2 Å². The summed E-state index contributed by atoms with van der Waals surface area (Å²) in [6.45, 7) is 1.72. The molecule has 1 fully saturated rings. The SMILES string of the molecule is O=C1CN(c2ccnc(Cl)n2)CCN1. The highest BCUT2D eigenvalue weighted by molar-refractivity contribution is 6.28. The third-order valence-electron chi connectivity index (χ3n) is 1.97. The highest BCUT2D eigenvalue weighted by atomic mass is 35.5. The van der Waals surface area contributed by atoms with Crippen molar-refractivity contribution < 1.29 is 4.79 Å². The van der Waals surface area contributed by atoms with Gasteiger partial charge in [-0.1, -0.05) is 0 Å². The molecule has 14 heavy (non-hydrogen) atoms. The molecule has 2 heterocycles. The van der Waals surface area contributed by atoms with Crippen molar-refractivity contribution in [3.8, 4) is 0 Å². The Morgan fingerprint density at radius 3 is 3.14 bits per heavy atom. The highest BCUT2D eigenvalue weighted by Gasteiger charge is 2.17. The first-order valence-electron chi connectivity index (χ1n) is 4.26. The van der Waals surface area contributed by atoms with Crippen LogP contribution >= 0.6 is 11.6 Å². The van der Waals surface area contributed by atoms with Crippen LogP contribution < -0.4 is 10.2 Å². The summed E-state index contributed by atoms with van der Waals surface area (Å²) >= 11 is 5.65. The molecule has 0 spiro atoms. The number of carbonyl (C=O) groups excluding carboxylic acids is 1. The standard InChI is InChI=1S/C8H9ClN4O/c9-8-11-2-1-6(12-8)13-4-3-10-7(14)5-13/h1-2H,3-5H2,(H,10,14). The van der Waals surface area contributed by atoms with Gasteiger partial charge in [0, 0.05) is 19.3 Å². The van der Waals surface area contributed by atoms with Crippen LogP contribution in [0.15, 0.2) is 12.3 Å². The molecule has 6 heteroatoms. The average molecular weight is 213 g/mol. The van der Waals surface area contributed by atoms with Crippen molar-refractivity contribution >= 4 is 23.3 Å². The normalized spacial score (nSPS) is 16.6. The first-order chi connectivity index (χ1) is 6.75.